The minimum absolute atomic E-state index is 0.734. The Morgan fingerprint density at radius 3 is 2.69 bits per heavy atom. The number of nitrogens with zero attached hydrogens (tertiary/aromatic N) is 3. The average molecular weight is 220 g/mol. The molecule has 0 atom stereocenters. The van der Waals surface area contributed by atoms with Crippen molar-refractivity contribution >= 4 is 5.95 Å². The molecule has 0 radical (unpaired) electrons. The Labute approximate surface area is 94.5 Å². The molecule has 0 aliphatic heterocycles. The maximum Gasteiger partial charge on any atom is 0.203 e. The first-order valence-corrected chi connectivity index (χ1v) is 5.25. The first-order chi connectivity index (χ1) is 7.61. The van der Waals surface area contributed by atoms with Crippen LogP contribution in [0.1, 0.15) is 22.7 Å². The predicted octanol–water partition coefficient (Wildman–Crippen LogP) is 1.89. The van der Waals surface area contributed by atoms with Crippen molar-refractivity contribution in [1.82, 2.24) is 14.7 Å². The zero-order chi connectivity index (χ0) is 11.7. The van der Waals surface area contributed by atoms with Gasteiger partial charge in [0.25, 0.3) is 0 Å². The molecule has 0 fully saturated rings. The van der Waals surface area contributed by atoms with Gasteiger partial charge in [0.2, 0.25) is 5.95 Å². The average Bonchev–Trinajstić information content (AvgIpc) is 2.75. The molecule has 5 nitrogen and oxygen atoms in total. The summed E-state index contributed by atoms with van der Waals surface area (Å²) >= 11 is 0. The van der Waals surface area contributed by atoms with Crippen LogP contribution < -0.4 is 5.32 Å². The molecule has 0 aliphatic rings. The first-order valence-electron chi connectivity index (χ1n) is 5.25. The predicted molar refractivity (Wildman–Crippen MR) is 61.6 cm³/mol. The molecule has 2 aromatic rings. The Morgan fingerprint density at radius 1 is 1.38 bits per heavy atom. The number of imidazole rings is 1. The van der Waals surface area contributed by atoms with Crippen LogP contribution in [0.25, 0.3) is 0 Å². The molecule has 16 heavy (non-hydrogen) atoms. The van der Waals surface area contributed by atoms with Crippen LogP contribution >= 0.6 is 0 Å². The standard InChI is InChI=1S/C11H16N4O/c1-7-5-15(11(12-4)13-7)6-10-8(2)14-16-9(10)3/h5H,6H2,1-4H3,(H,12,13). The summed E-state index contributed by atoms with van der Waals surface area (Å²) in [6.07, 6.45) is 2.01. The monoisotopic (exact) mass is 220 g/mol. The van der Waals surface area contributed by atoms with Crippen LogP contribution in [-0.2, 0) is 6.54 Å². The van der Waals surface area contributed by atoms with Crippen molar-refractivity contribution in [3.63, 3.8) is 0 Å². The van der Waals surface area contributed by atoms with Gasteiger partial charge < -0.3 is 14.4 Å². The van der Waals surface area contributed by atoms with Crippen LogP contribution in [0.4, 0.5) is 5.95 Å². The Morgan fingerprint density at radius 2 is 2.12 bits per heavy atom. The van der Waals surface area contributed by atoms with Gasteiger partial charge in [-0.2, -0.15) is 0 Å². The third kappa shape index (κ3) is 1.80. The molecule has 86 valence electrons. The third-order valence-electron chi connectivity index (χ3n) is 2.63. The quantitative estimate of drug-likeness (QED) is 0.858. The van der Waals surface area contributed by atoms with Crippen molar-refractivity contribution in [2.75, 3.05) is 12.4 Å². The second kappa shape index (κ2) is 4.00. The van der Waals surface area contributed by atoms with Crippen molar-refractivity contribution in [2.45, 2.75) is 27.3 Å². The smallest absolute Gasteiger partial charge is 0.203 e. The molecule has 1 N–H and O–H groups in total. The molecule has 0 unspecified atom stereocenters. The number of hydrogen-bond acceptors (Lipinski definition) is 4. The van der Waals surface area contributed by atoms with E-state index in [9.17, 15) is 0 Å². The molecular formula is C11H16N4O. The Bertz CT molecular complexity index is 479. The van der Waals surface area contributed by atoms with Gasteiger partial charge in [-0.15, -0.1) is 0 Å². The lowest BCUT2D eigenvalue weighted by atomic mass is 10.2. The molecule has 0 amide bonds. The van der Waals surface area contributed by atoms with Gasteiger partial charge in [-0.25, -0.2) is 4.98 Å². The van der Waals surface area contributed by atoms with Crippen LogP contribution in [0.15, 0.2) is 10.7 Å². The van der Waals surface area contributed by atoms with E-state index in [0.717, 1.165) is 35.2 Å². The van der Waals surface area contributed by atoms with E-state index in [1.54, 1.807) is 0 Å². The molecule has 0 saturated carbocycles. The van der Waals surface area contributed by atoms with Gasteiger partial charge in [0.1, 0.15) is 5.76 Å². The van der Waals surface area contributed by atoms with E-state index in [1.807, 2.05) is 34.0 Å². The lowest BCUT2D eigenvalue weighted by Crippen LogP contribution is -2.05. The van der Waals surface area contributed by atoms with Crippen molar-refractivity contribution in [3.05, 3.63) is 28.9 Å². The lowest BCUT2D eigenvalue weighted by molar-refractivity contribution is 0.392. The zero-order valence-corrected chi connectivity index (χ0v) is 10.0. The van der Waals surface area contributed by atoms with Gasteiger partial charge in [-0.1, -0.05) is 5.16 Å². The van der Waals surface area contributed by atoms with Crippen LogP contribution in [0, 0.1) is 20.8 Å². The highest BCUT2D eigenvalue weighted by molar-refractivity contribution is 5.31. The van der Waals surface area contributed by atoms with Crippen LogP contribution in [0.2, 0.25) is 0 Å². The Kier molecular flexibility index (Phi) is 2.68. The fourth-order valence-electron chi connectivity index (χ4n) is 1.76. The number of hydrogen-bond donors (Lipinski definition) is 1. The van der Waals surface area contributed by atoms with Gasteiger partial charge in [-0.3, -0.25) is 0 Å². The first kappa shape index (κ1) is 10.7. The second-order valence-electron chi connectivity index (χ2n) is 3.89. The van der Waals surface area contributed by atoms with Crippen LogP contribution in [0.5, 0.6) is 0 Å². The van der Waals surface area contributed by atoms with Crippen LogP contribution in [-0.4, -0.2) is 21.8 Å². The fourth-order valence-corrected chi connectivity index (χ4v) is 1.76. The molecular weight excluding hydrogens is 204 g/mol. The molecule has 2 heterocycles. The molecule has 0 aromatic carbocycles. The van der Waals surface area contributed by atoms with Gasteiger partial charge in [0.15, 0.2) is 0 Å². The summed E-state index contributed by atoms with van der Waals surface area (Å²) in [5.41, 5.74) is 3.05. The summed E-state index contributed by atoms with van der Waals surface area (Å²) in [7, 11) is 1.87. The number of aromatic nitrogens is 3. The Hall–Kier alpha value is -1.78. The second-order valence-corrected chi connectivity index (χ2v) is 3.89. The lowest BCUT2D eigenvalue weighted by Gasteiger charge is -2.06. The van der Waals surface area contributed by atoms with E-state index in [-0.39, 0.29) is 0 Å². The molecule has 0 bridgehead atoms. The van der Waals surface area contributed by atoms with Crippen molar-refractivity contribution in [2.24, 2.45) is 0 Å². The summed E-state index contributed by atoms with van der Waals surface area (Å²) < 4.78 is 7.20. The third-order valence-corrected chi connectivity index (χ3v) is 2.63. The number of rotatable bonds is 3. The number of aryl methyl sites for hydroxylation is 3. The van der Waals surface area contributed by atoms with Gasteiger partial charge in [0, 0.05) is 18.8 Å². The summed E-state index contributed by atoms with van der Waals surface area (Å²) in [6.45, 7) is 6.59. The van der Waals surface area contributed by atoms with E-state index < -0.39 is 0 Å². The van der Waals surface area contributed by atoms with E-state index in [2.05, 4.69) is 20.0 Å². The molecule has 0 aliphatic carbocycles. The van der Waals surface area contributed by atoms with Gasteiger partial charge >= 0.3 is 0 Å². The Balaban J connectivity index is 2.33. The van der Waals surface area contributed by atoms with Crippen molar-refractivity contribution in [1.29, 1.82) is 0 Å². The number of nitrogens with one attached hydrogen (secondary N) is 1. The highest BCUT2D eigenvalue weighted by Crippen LogP contribution is 2.17. The van der Waals surface area contributed by atoms with Crippen molar-refractivity contribution < 1.29 is 4.52 Å². The summed E-state index contributed by atoms with van der Waals surface area (Å²) in [5.74, 6) is 1.73. The summed E-state index contributed by atoms with van der Waals surface area (Å²) in [5, 5.41) is 7.01. The van der Waals surface area contributed by atoms with Crippen molar-refractivity contribution in [3.8, 4) is 0 Å². The van der Waals surface area contributed by atoms with Gasteiger partial charge in [-0.05, 0) is 20.8 Å². The summed E-state index contributed by atoms with van der Waals surface area (Å²) in [6, 6.07) is 0. The minimum atomic E-state index is 0.734. The molecule has 2 rings (SSSR count). The highest BCUT2D eigenvalue weighted by Gasteiger charge is 2.12. The molecule has 5 heteroatoms. The molecule has 0 spiro atoms. The fraction of sp³-hybridized carbons (Fsp3) is 0.455. The maximum absolute atomic E-state index is 5.14. The SMILES string of the molecule is CNc1nc(C)cn1Cc1c(C)noc1C. The highest BCUT2D eigenvalue weighted by atomic mass is 16.5. The minimum Gasteiger partial charge on any atom is -0.361 e. The van der Waals surface area contributed by atoms with E-state index in [0.29, 0.717) is 0 Å². The largest absolute Gasteiger partial charge is 0.361 e. The molecule has 2 aromatic heterocycles. The van der Waals surface area contributed by atoms with Gasteiger partial charge in [0.05, 0.1) is 17.9 Å². The van der Waals surface area contributed by atoms with E-state index >= 15 is 0 Å². The normalized spacial score (nSPS) is 10.8. The number of anilines is 1. The van der Waals surface area contributed by atoms with E-state index in [1.165, 1.54) is 0 Å². The maximum atomic E-state index is 5.14. The van der Waals surface area contributed by atoms with Crippen LogP contribution in [0.3, 0.4) is 0 Å². The topological polar surface area (TPSA) is 55.9 Å². The molecule has 0 saturated heterocycles. The summed E-state index contributed by atoms with van der Waals surface area (Å²) in [4.78, 5) is 4.37. The zero-order valence-electron chi connectivity index (χ0n) is 10.0. The van der Waals surface area contributed by atoms with E-state index in [4.69, 9.17) is 4.52 Å².